The number of amides is 1. The summed E-state index contributed by atoms with van der Waals surface area (Å²) in [5.74, 6) is 0.137. The first-order chi connectivity index (χ1) is 8.90. The molecule has 2 atom stereocenters. The van der Waals surface area contributed by atoms with Gasteiger partial charge < -0.3 is 15.2 Å². The molecule has 0 bridgehead atoms. The van der Waals surface area contributed by atoms with Crippen molar-refractivity contribution >= 4 is 11.6 Å². The molecule has 7 heteroatoms. The van der Waals surface area contributed by atoms with Crippen LogP contribution in [0.3, 0.4) is 0 Å². The van der Waals surface area contributed by atoms with Gasteiger partial charge >= 0.3 is 0 Å². The Morgan fingerprint density at radius 2 is 2.32 bits per heavy atom. The molecule has 0 spiro atoms. The first-order valence-electron chi connectivity index (χ1n) is 6.25. The van der Waals surface area contributed by atoms with Crippen LogP contribution in [0.2, 0.25) is 0 Å². The van der Waals surface area contributed by atoms with Crippen LogP contribution in [0.1, 0.15) is 23.8 Å². The number of hydrogen-bond acceptors (Lipinski definition) is 4. The maximum Gasteiger partial charge on any atom is 0.287 e. The van der Waals surface area contributed by atoms with E-state index in [0.717, 1.165) is 6.42 Å². The molecule has 1 aromatic rings. The van der Waals surface area contributed by atoms with Crippen molar-refractivity contribution in [3.05, 3.63) is 28.1 Å². The van der Waals surface area contributed by atoms with Crippen LogP contribution in [0.25, 0.3) is 0 Å². The number of aryl methyl sites for hydroxylation is 1. The molecule has 2 rings (SSSR count). The molecule has 19 heavy (non-hydrogen) atoms. The number of nitrogens with zero attached hydrogens (tertiary/aromatic N) is 3. The normalized spacial score (nSPS) is 20.6. The predicted molar refractivity (Wildman–Crippen MR) is 69.7 cm³/mol. The van der Waals surface area contributed by atoms with Gasteiger partial charge in [0.05, 0.1) is 11.1 Å². The minimum atomic E-state index is -0.495. The standard InChI is InChI=1S/C12H18N4O3/c1-8(13)9-3-4-15(6-9)12(17)11-5-10(16(18)19)7-14(11)2/h5,7-9H,3-4,6,13H2,1-2H3. The first kappa shape index (κ1) is 13.5. The highest BCUT2D eigenvalue weighted by Crippen LogP contribution is 2.23. The second kappa shape index (κ2) is 5.00. The van der Waals surface area contributed by atoms with Gasteiger partial charge in [-0.3, -0.25) is 14.9 Å². The average molecular weight is 266 g/mol. The number of aromatic nitrogens is 1. The Hall–Kier alpha value is -1.89. The number of rotatable bonds is 3. The van der Waals surface area contributed by atoms with Gasteiger partial charge in [-0.15, -0.1) is 0 Å². The molecule has 0 aliphatic carbocycles. The molecule has 0 aromatic carbocycles. The molecule has 1 aliphatic rings. The lowest BCUT2D eigenvalue weighted by molar-refractivity contribution is -0.384. The molecule has 1 amide bonds. The minimum absolute atomic E-state index is 0.0561. The molecule has 0 radical (unpaired) electrons. The van der Waals surface area contributed by atoms with E-state index in [-0.39, 0.29) is 17.6 Å². The lowest BCUT2D eigenvalue weighted by atomic mass is 10.0. The summed E-state index contributed by atoms with van der Waals surface area (Å²) >= 11 is 0. The van der Waals surface area contributed by atoms with Crippen molar-refractivity contribution in [2.45, 2.75) is 19.4 Å². The number of carbonyl (C=O) groups excluding carboxylic acids is 1. The second-order valence-corrected chi connectivity index (χ2v) is 5.11. The van der Waals surface area contributed by atoms with Gasteiger partial charge in [0.1, 0.15) is 5.69 Å². The van der Waals surface area contributed by atoms with Gasteiger partial charge in [-0.1, -0.05) is 0 Å². The van der Waals surface area contributed by atoms with Gasteiger partial charge in [0, 0.05) is 32.2 Å². The van der Waals surface area contributed by atoms with Crippen molar-refractivity contribution in [2.24, 2.45) is 18.7 Å². The fraction of sp³-hybridized carbons (Fsp3) is 0.583. The summed E-state index contributed by atoms with van der Waals surface area (Å²) in [6, 6.07) is 1.38. The third-order valence-corrected chi connectivity index (χ3v) is 3.68. The van der Waals surface area contributed by atoms with Crippen molar-refractivity contribution in [1.82, 2.24) is 9.47 Å². The molecule has 1 aromatic heterocycles. The lowest BCUT2D eigenvalue weighted by Gasteiger charge is -2.18. The SMILES string of the molecule is CC(N)C1CCN(C(=O)c2cc([N+](=O)[O-])cn2C)C1. The van der Waals surface area contributed by atoms with Crippen LogP contribution in [-0.4, -0.2) is 39.4 Å². The highest BCUT2D eigenvalue weighted by molar-refractivity contribution is 5.93. The molecule has 1 saturated heterocycles. The van der Waals surface area contributed by atoms with E-state index in [0.29, 0.717) is 24.7 Å². The summed E-state index contributed by atoms with van der Waals surface area (Å²) in [4.78, 5) is 24.2. The third-order valence-electron chi connectivity index (χ3n) is 3.68. The van der Waals surface area contributed by atoms with Crippen molar-refractivity contribution in [3.8, 4) is 0 Å². The van der Waals surface area contributed by atoms with Crippen molar-refractivity contribution < 1.29 is 9.72 Å². The Balaban J connectivity index is 2.15. The summed E-state index contributed by atoms with van der Waals surface area (Å²) in [6.45, 7) is 3.21. The fourth-order valence-electron chi connectivity index (χ4n) is 2.42. The Kier molecular flexibility index (Phi) is 3.57. The molecule has 2 N–H and O–H groups in total. The predicted octanol–water partition coefficient (Wildman–Crippen LogP) is 0.743. The van der Waals surface area contributed by atoms with E-state index >= 15 is 0 Å². The van der Waals surface area contributed by atoms with Gasteiger partial charge in [0.25, 0.3) is 11.6 Å². The van der Waals surface area contributed by atoms with Crippen molar-refractivity contribution in [3.63, 3.8) is 0 Å². The molecule has 2 heterocycles. The molecule has 0 saturated carbocycles. The fourth-order valence-corrected chi connectivity index (χ4v) is 2.42. The molecule has 1 aliphatic heterocycles. The van der Waals surface area contributed by atoms with Crippen molar-refractivity contribution in [2.75, 3.05) is 13.1 Å². The van der Waals surface area contributed by atoms with E-state index in [1.165, 1.54) is 16.8 Å². The van der Waals surface area contributed by atoms with E-state index in [9.17, 15) is 14.9 Å². The van der Waals surface area contributed by atoms with Gasteiger partial charge in [0.2, 0.25) is 0 Å². The van der Waals surface area contributed by atoms with E-state index < -0.39 is 4.92 Å². The van der Waals surface area contributed by atoms with E-state index in [2.05, 4.69) is 0 Å². The Morgan fingerprint density at radius 1 is 1.63 bits per heavy atom. The molecule has 104 valence electrons. The monoisotopic (exact) mass is 266 g/mol. The zero-order chi connectivity index (χ0) is 14.2. The smallest absolute Gasteiger partial charge is 0.287 e. The lowest BCUT2D eigenvalue weighted by Crippen LogP contribution is -2.33. The second-order valence-electron chi connectivity index (χ2n) is 5.11. The van der Waals surface area contributed by atoms with Crippen LogP contribution in [0.5, 0.6) is 0 Å². The minimum Gasteiger partial charge on any atom is -0.340 e. The molecular formula is C12H18N4O3. The third kappa shape index (κ3) is 2.60. The number of carbonyl (C=O) groups is 1. The summed E-state index contributed by atoms with van der Waals surface area (Å²) in [6.07, 6.45) is 2.24. The Morgan fingerprint density at radius 3 is 2.79 bits per heavy atom. The highest BCUT2D eigenvalue weighted by atomic mass is 16.6. The molecule has 1 fully saturated rings. The average Bonchev–Trinajstić information content (AvgIpc) is 2.94. The van der Waals surface area contributed by atoms with Crippen LogP contribution in [-0.2, 0) is 7.05 Å². The van der Waals surface area contributed by atoms with E-state index in [1.807, 2.05) is 6.92 Å². The van der Waals surface area contributed by atoms with E-state index in [4.69, 9.17) is 5.73 Å². The van der Waals surface area contributed by atoms with Crippen LogP contribution in [0.15, 0.2) is 12.3 Å². The molecular weight excluding hydrogens is 248 g/mol. The van der Waals surface area contributed by atoms with Gasteiger partial charge in [-0.25, -0.2) is 0 Å². The molecule has 2 unspecified atom stereocenters. The summed E-state index contributed by atoms with van der Waals surface area (Å²) in [5.41, 5.74) is 6.12. The van der Waals surface area contributed by atoms with Crippen LogP contribution in [0.4, 0.5) is 5.69 Å². The summed E-state index contributed by atoms with van der Waals surface area (Å²) in [7, 11) is 1.64. The molecule has 7 nitrogen and oxygen atoms in total. The largest absolute Gasteiger partial charge is 0.340 e. The number of likely N-dealkylation sites (tertiary alicyclic amines) is 1. The van der Waals surface area contributed by atoms with E-state index in [1.54, 1.807) is 11.9 Å². The number of nitrogens with two attached hydrogens (primary N) is 1. The topological polar surface area (TPSA) is 94.4 Å². The maximum atomic E-state index is 12.3. The zero-order valence-electron chi connectivity index (χ0n) is 11.1. The summed E-state index contributed by atoms with van der Waals surface area (Å²) in [5, 5.41) is 10.7. The first-order valence-corrected chi connectivity index (χ1v) is 6.25. The summed E-state index contributed by atoms with van der Waals surface area (Å²) < 4.78 is 1.50. The highest BCUT2D eigenvalue weighted by Gasteiger charge is 2.30. The van der Waals surface area contributed by atoms with Crippen LogP contribution in [0, 0.1) is 16.0 Å². The van der Waals surface area contributed by atoms with Gasteiger partial charge in [-0.05, 0) is 19.3 Å². The maximum absolute atomic E-state index is 12.3. The van der Waals surface area contributed by atoms with Crippen LogP contribution < -0.4 is 5.73 Å². The number of nitro groups is 1. The zero-order valence-corrected chi connectivity index (χ0v) is 11.1. The van der Waals surface area contributed by atoms with Gasteiger partial charge in [-0.2, -0.15) is 0 Å². The number of hydrogen-bond donors (Lipinski definition) is 1. The Bertz CT molecular complexity index is 509. The van der Waals surface area contributed by atoms with Crippen molar-refractivity contribution in [1.29, 1.82) is 0 Å². The van der Waals surface area contributed by atoms with Gasteiger partial charge in [0.15, 0.2) is 0 Å². The quantitative estimate of drug-likeness (QED) is 0.645. The Labute approximate surface area is 111 Å². The van der Waals surface area contributed by atoms with Crippen LogP contribution >= 0.6 is 0 Å².